The Morgan fingerprint density at radius 3 is 2.62 bits per heavy atom. The van der Waals surface area contributed by atoms with Crippen LogP contribution in [0.4, 0.5) is 5.69 Å². The molecule has 1 heterocycles. The maximum absolute atomic E-state index is 3.77. The predicted molar refractivity (Wildman–Crippen MR) is 69.0 cm³/mol. The Bertz CT molecular complexity index is 402. The van der Waals surface area contributed by atoms with E-state index < -0.39 is 0 Å². The minimum Gasteiger partial charge on any atom is -0.381 e. The first-order valence-corrected chi connectivity index (χ1v) is 6.61. The minimum absolute atomic E-state index is 0.720. The molecule has 1 aliphatic heterocycles. The molecule has 2 aliphatic rings. The lowest BCUT2D eigenvalue weighted by molar-refractivity contribution is 0.466. The van der Waals surface area contributed by atoms with Crippen molar-refractivity contribution in [1.29, 1.82) is 0 Å². The fraction of sp³-hybridized carbons (Fsp3) is 0.600. The lowest BCUT2D eigenvalue weighted by Crippen LogP contribution is -2.24. The third kappa shape index (κ3) is 1.63. The monoisotopic (exact) mass is 215 g/mol. The second-order valence-corrected chi connectivity index (χ2v) is 5.62. The predicted octanol–water partition coefficient (Wildman–Crippen LogP) is 3.83. The number of aryl methyl sites for hydroxylation is 2. The zero-order chi connectivity index (χ0) is 11.1. The Morgan fingerprint density at radius 1 is 1.12 bits per heavy atom. The van der Waals surface area contributed by atoms with Gasteiger partial charge in [-0.05, 0) is 50.2 Å². The smallest absolute Gasteiger partial charge is 0.0405 e. The maximum atomic E-state index is 3.77. The summed E-state index contributed by atoms with van der Waals surface area (Å²) in [4.78, 5) is 0. The zero-order valence-corrected chi connectivity index (χ0v) is 10.3. The summed E-state index contributed by atoms with van der Waals surface area (Å²) < 4.78 is 0. The standard InChI is InChI=1S/C15H21N/c1-10-7-11(2)15-13(8-10)9-14(16-15)12-5-3-4-6-12/h7-8,12,14,16H,3-6,9H2,1-2H3. The van der Waals surface area contributed by atoms with Crippen molar-refractivity contribution in [2.75, 3.05) is 5.32 Å². The van der Waals surface area contributed by atoms with Crippen molar-refractivity contribution < 1.29 is 0 Å². The Balaban J connectivity index is 1.85. The van der Waals surface area contributed by atoms with Gasteiger partial charge >= 0.3 is 0 Å². The van der Waals surface area contributed by atoms with Crippen LogP contribution in [0.3, 0.4) is 0 Å². The number of rotatable bonds is 1. The van der Waals surface area contributed by atoms with Crippen LogP contribution in [0.2, 0.25) is 0 Å². The summed E-state index contributed by atoms with van der Waals surface area (Å²) in [5, 5.41) is 3.77. The fourth-order valence-corrected chi connectivity index (χ4v) is 3.54. The van der Waals surface area contributed by atoms with Gasteiger partial charge in [0.05, 0.1) is 0 Å². The molecule has 1 N–H and O–H groups in total. The van der Waals surface area contributed by atoms with Crippen molar-refractivity contribution in [3.63, 3.8) is 0 Å². The molecule has 1 fully saturated rings. The lowest BCUT2D eigenvalue weighted by atomic mass is 9.95. The van der Waals surface area contributed by atoms with Crippen molar-refractivity contribution >= 4 is 5.69 Å². The van der Waals surface area contributed by atoms with E-state index in [9.17, 15) is 0 Å². The van der Waals surface area contributed by atoms with Crippen LogP contribution in [0.15, 0.2) is 12.1 Å². The van der Waals surface area contributed by atoms with Gasteiger partial charge < -0.3 is 5.32 Å². The molecule has 16 heavy (non-hydrogen) atoms. The quantitative estimate of drug-likeness (QED) is 0.750. The number of hydrogen-bond donors (Lipinski definition) is 1. The topological polar surface area (TPSA) is 12.0 Å². The van der Waals surface area contributed by atoms with Crippen LogP contribution in [-0.2, 0) is 6.42 Å². The molecular weight excluding hydrogens is 194 g/mol. The molecule has 0 amide bonds. The van der Waals surface area contributed by atoms with E-state index in [1.54, 1.807) is 5.56 Å². The molecule has 1 aromatic rings. The number of hydrogen-bond acceptors (Lipinski definition) is 1. The van der Waals surface area contributed by atoms with Crippen LogP contribution in [-0.4, -0.2) is 6.04 Å². The van der Waals surface area contributed by atoms with E-state index >= 15 is 0 Å². The summed E-state index contributed by atoms with van der Waals surface area (Å²) in [6.07, 6.45) is 7.00. The van der Waals surface area contributed by atoms with Gasteiger partial charge in [-0.25, -0.2) is 0 Å². The third-order valence-corrected chi connectivity index (χ3v) is 4.30. The van der Waals surface area contributed by atoms with Crippen molar-refractivity contribution in [3.8, 4) is 0 Å². The van der Waals surface area contributed by atoms with Gasteiger partial charge in [0.1, 0.15) is 0 Å². The minimum atomic E-state index is 0.720. The molecule has 3 rings (SSSR count). The van der Waals surface area contributed by atoms with E-state index in [1.807, 2.05) is 0 Å². The molecule has 0 bridgehead atoms. The number of nitrogens with one attached hydrogen (secondary N) is 1. The van der Waals surface area contributed by atoms with Gasteiger partial charge in [0, 0.05) is 11.7 Å². The average molecular weight is 215 g/mol. The molecule has 0 radical (unpaired) electrons. The van der Waals surface area contributed by atoms with Gasteiger partial charge in [0.2, 0.25) is 0 Å². The second-order valence-electron chi connectivity index (χ2n) is 5.62. The van der Waals surface area contributed by atoms with Crippen LogP contribution in [0.5, 0.6) is 0 Å². The van der Waals surface area contributed by atoms with Gasteiger partial charge in [-0.3, -0.25) is 0 Å². The van der Waals surface area contributed by atoms with E-state index in [2.05, 4.69) is 31.3 Å². The molecule has 1 heteroatoms. The molecule has 1 unspecified atom stereocenters. The van der Waals surface area contributed by atoms with Crippen molar-refractivity contribution in [2.45, 2.75) is 52.0 Å². The molecule has 86 valence electrons. The summed E-state index contributed by atoms with van der Waals surface area (Å²) in [7, 11) is 0. The molecule has 0 aromatic heterocycles. The van der Waals surface area contributed by atoms with Crippen LogP contribution in [0.25, 0.3) is 0 Å². The highest BCUT2D eigenvalue weighted by Crippen LogP contribution is 2.38. The van der Waals surface area contributed by atoms with Gasteiger partial charge in [-0.15, -0.1) is 0 Å². The Morgan fingerprint density at radius 2 is 1.88 bits per heavy atom. The highest BCUT2D eigenvalue weighted by molar-refractivity contribution is 5.63. The Hall–Kier alpha value is -0.980. The van der Waals surface area contributed by atoms with E-state index in [4.69, 9.17) is 0 Å². The molecule has 1 atom stereocenters. The maximum Gasteiger partial charge on any atom is 0.0405 e. The van der Waals surface area contributed by atoms with Crippen LogP contribution >= 0.6 is 0 Å². The van der Waals surface area contributed by atoms with Crippen molar-refractivity contribution in [2.24, 2.45) is 5.92 Å². The Labute approximate surface area is 98.3 Å². The number of benzene rings is 1. The van der Waals surface area contributed by atoms with E-state index in [-0.39, 0.29) is 0 Å². The van der Waals surface area contributed by atoms with Crippen molar-refractivity contribution in [1.82, 2.24) is 0 Å². The van der Waals surface area contributed by atoms with Crippen molar-refractivity contribution in [3.05, 3.63) is 28.8 Å². The second kappa shape index (κ2) is 3.80. The number of anilines is 1. The summed E-state index contributed by atoms with van der Waals surface area (Å²) in [6, 6.07) is 5.38. The van der Waals surface area contributed by atoms with Gasteiger partial charge in [0.25, 0.3) is 0 Å². The summed E-state index contributed by atoms with van der Waals surface area (Å²) in [6.45, 7) is 4.44. The molecule has 1 aromatic carbocycles. The SMILES string of the molecule is Cc1cc(C)c2c(c1)CC(C1CCCC1)N2. The first-order chi connectivity index (χ1) is 7.74. The number of fused-ring (bicyclic) bond motifs is 1. The summed E-state index contributed by atoms with van der Waals surface area (Å²) in [5.74, 6) is 0.923. The van der Waals surface area contributed by atoms with Crippen LogP contribution in [0.1, 0.15) is 42.4 Å². The largest absolute Gasteiger partial charge is 0.381 e. The summed E-state index contributed by atoms with van der Waals surface area (Å²) >= 11 is 0. The normalized spacial score (nSPS) is 24.5. The highest BCUT2D eigenvalue weighted by atomic mass is 15.0. The van der Waals surface area contributed by atoms with E-state index in [0.29, 0.717) is 0 Å². The van der Waals surface area contributed by atoms with Crippen LogP contribution < -0.4 is 5.32 Å². The van der Waals surface area contributed by atoms with Gasteiger partial charge in [-0.2, -0.15) is 0 Å². The third-order valence-electron chi connectivity index (χ3n) is 4.30. The Kier molecular flexibility index (Phi) is 2.42. The zero-order valence-electron chi connectivity index (χ0n) is 10.3. The van der Waals surface area contributed by atoms with Gasteiger partial charge in [0.15, 0.2) is 0 Å². The molecule has 1 saturated carbocycles. The molecular formula is C15H21N. The molecule has 1 nitrogen and oxygen atoms in total. The first kappa shape index (κ1) is 10.2. The molecule has 0 spiro atoms. The van der Waals surface area contributed by atoms with E-state index in [1.165, 1.54) is 48.9 Å². The fourth-order valence-electron chi connectivity index (χ4n) is 3.54. The summed E-state index contributed by atoms with van der Waals surface area (Å²) in [5.41, 5.74) is 5.82. The molecule has 1 aliphatic carbocycles. The molecule has 0 saturated heterocycles. The lowest BCUT2D eigenvalue weighted by Gasteiger charge is -2.19. The van der Waals surface area contributed by atoms with E-state index in [0.717, 1.165) is 12.0 Å². The first-order valence-electron chi connectivity index (χ1n) is 6.61. The van der Waals surface area contributed by atoms with Crippen LogP contribution in [0, 0.1) is 19.8 Å². The van der Waals surface area contributed by atoms with Gasteiger partial charge in [-0.1, -0.05) is 30.5 Å². The average Bonchev–Trinajstić information content (AvgIpc) is 2.82. The highest BCUT2D eigenvalue weighted by Gasteiger charge is 2.30.